The number of ether oxygens (including phenoxy) is 1. The van der Waals surface area contributed by atoms with Gasteiger partial charge in [-0.05, 0) is 18.2 Å². The second-order valence-electron chi connectivity index (χ2n) is 4.51. The Morgan fingerprint density at radius 1 is 1.45 bits per heavy atom. The van der Waals surface area contributed by atoms with Crippen LogP contribution in [0.3, 0.4) is 0 Å². The third-order valence-electron chi connectivity index (χ3n) is 3.05. The summed E-state index contributed by atoms with van der Waals surface area (Å²) >= 11 is 0. The van der Waals surface area contributed by atoms with E-state index in [0.29, 0.717) is 5.75 Å². The van der Waals surface area contributed by atoms with E-state index < -0.39 is 12.0 Å². The standard InChI is InChI=1S/C14H16N2O4/c1-8(17)16-13(6-14(18)19)11-7-15-12-4-3-9(20-2)5-10(11)12/h3-5,7,13,15H,6H2,1-2H3,(H,16,17)(H,18,19). The summed E-state index contributed by atoms with van der Waals surface area (Å²) in [6.45, 7) is 1.37. The number of carboxylic acids is 1. The first-order valence-corrected chi connectivity index (χ1v) is 6.15. The van der Waals surface area contributed by atoms with E-state index in [4.69, 9.17) is 9.84 Å². The topological polar surface area (TPSA) is 91.4 Å². The Hall–Kier alpha value is -2.50. The largest absolute Gasteiger partial charge is 0.497 e. The molecule has 0 spiro atoms. The van der Waals surface area contributed by atoms with Gasteiger partial charge in [0.25, 0.3) is 0 Å². The summed E-state index contributed by atoms with van der Waals surface area (Å²) in [5.41, 5.74) is 1.60. The minimum atomic E-state index is -0.971. The van der Waals surface area contributed by atoms with Crippen molar-refractivity contribution >= 4 is 22.8 Å². The van der Waals surface area contributed by atoms with Crippen molar-refractivity contribution in [1.82, 2.24) is 10.3 Å². The van der Waals surface area contributed by atoms with Crippen LogP contribution >= 0.6 is 0 Å². The lowest BCUT2D eigenvalue weighted by atomic mass is 10.0. The Morgan fingerprint density at radius 3 is 2.80 bits per heavy atom. The zero-order chi connectivity index (χ0) is 14.7. The van der Waals surface area contributed by atoms with Gasteiger partial charge < -0.3 is 20.1 Å². The fraction of sp³-hybridized carbons (Fsp3) is 0.286. The minimum absolute atomic E-state index is 0.177. The van der Waals surface area contributed by atoms with Gasteiger partial charge in [0, 0.05) is 29.6 Å². The summed E-state index contributed by atoms with van der Waals surface area (Å²) < 4.78 is 5.17. The Kier molecular flexibility index (Phi) is 3.93. The first kappa shape index (κ1) is 13.9. The molecule has 3 N–H and O–H groups in total. The van der Waals surface area contributed by atoms with Crippen molar-refractivity contribution in [3.63, 3.8) is 0 Å². The maximum Gasteiger partial charge on any atom is 0.305 e. The number of methoxy groups -OCH3 is 1. The molecule has 0 bridgehead atoms. The van der Waals surface area contributed by atoms with Crippen molar-refractivity contribution in [1.29, 1.82) is 0 Å². The summed E-state index contributed by atoms with van der Waals surface area (Å²) in [5.74, 6) is -0.565. The molecule has 0 fully saturated rings. The lowest BCUT2D eigenvalue weighted by Gasteiger charge is -2.15. The number of carbonyl (C=O) groups excluding carboxylic acids is 1. The molecule has 0 aliphatic heterocycles. The predicted molar refractivity (Wildman–Crippen MR) is 73.7 cm³/mol. The van der Waals surface area contributed by atoms with Crippen LogP contribution in [0.15, 0.2) is 24.4 Å². The number of hydrogen-bond donors (Lipinski definition) is 3. The van der Waals surface area contributed by atoms with Gasteiger partial charge in [0.1, 0.15) is 5.75 Å². The van der Waals surface area contributed by atoms with E-state index in [2.05, 4.69) is 10.3 Å². The molecular weight excluding hydrogens is 260 g/mol. The minimum Gasteiger partial charge on any atom is -0.497 e. The Labute approximate surface area is 115 Å². The number of benzene rings is 1. The molecule has 6 heteroatoms. The molecule has 2 aromatic rings. The SMILES string of the molecule is COc1ccc2[nH]cc(C(CC(=O)O)NC(C)=O)c2c1. The van der Waals surface area contributed by atoms with Crippen LogP contribution in [-0.4, -0.2) is 29.1 Å². The highest BCUT2D eigenvalue weighted by Crippen LogP contribution is 2.29. The van der Waals surface area contributed by atoms with Crippen molar-refractivity contribution in [2.45, 2.75) is 19.4 Å². The van der Waals surface area contributed by atoms with Crippen molar-refractivity contribution in [2.75, 3.05) is 7.11 Å². The van der Waals surface area contributed by atoms with Crippen molar-refractivity contribution in [3.05, 3.63) is 30.0 Å². The quantitative estimate of drug-likeness (QED) is 0.777. The first-order valence-electron chi connectivity index (χ1n) is 6.15. The third-order valence-corrected chi connectivity index (χ3v) is 3.05. The summed E-state index contributed by atoms with van der Waals surface area (Å²) in [4.78, 5) is 25.3. The van der Waals surface area contributed by atoms with Crippen molar-refractivity contribution in [2.24, 2.45) is 0 Å². The molecule has 0 aliphatic carbocycles. The lowest BCUT2D eigenvalue weighted by Crippen LogP contribution is -2.27. The maximum absolute atomic E-state index is 11.3. The molecule has 106 valence electrons. The second-order valence-corrected chi connectivity index (χ2v) is 4.51. The number of aromatic nitrogens is 1. The zero-order valence-corrected chi connectivity index (χ0v) is 11.3. The first-order chi connectivity index (χ1) is 9.51. The van der Waals surface area contributed by atoms with Gasteiger partial charge in [0.15, 0.2) is 0 Å². The van der Waals surface area contributed by atoms with Crippen LogP contribution in [0.2, 0.25) is 0 Å². The lowest BCUT2D eigenvalue weighted by molar-refractivity contribution is -0.137. The van der Waals surface area contributed by atoms with Gasteiger partial charge in [-0.1, -0.05) is 0 Å². The molecule has 1 aromatic carbocycles. The molecule has 1 atom stereocenters. The molecule has 2 rings (SSSR count). The van der Waals surface area contributed by atoms with Gasteiger partial charge in [-0.25, -0.2) is 0 Å². The number of aromatic amines is 1. The van der Waals surface area contributed by atoms with E-state index in [1.807, 2.05) is 18.2 Å². The van der Waals surface area contributed by atoms with Crippen molar-refractivity contribution in [3.8, 4) is 5.75 Å². The number of H-pyrrole nitrogens is 1. The summed E-state index contributed by atoms with van der Waals surface area (Å²) in [6.07, 6.45) is 1.54. The smallest absolute Gasteiger partial charge is 0.305 e. The molecule has 1 amide bonds. The average Bonchev–Trinajstić information content (AvgIpc) is 2.79. The van der Waals surface area contributed by atoms with Crippen LogP contribution in [0, 0.1) is 0 Å². The maximum atomic E-state index is 11.3. The van der Waals surface area contributed by atoms with Crippen LogP contribution in [0.1, 0.15) is 24.9 Å². The number of fused-ring (bicyclic) bond motifs is 1. The second kappa shape index (κ2) is 5.64. The average molecular weight is 276 g/mol. The number of aliphatic carboxylic acids is 1. The Morgan fingerprint density at radius 2 is 2.20 bits per heavy atom. The number of carboxylic acid groups (broad SMARTS) is 1. The van der Waals surface area contributed by atoms with E-state index >= 15 is 0 Å². The van der Waals surface area contributed by atoms with E-state index in [9.17, 15) is 9.59 Å². The van der Waals surface area contributed by atoms with E-state index in [1.54, 1.807) is 13.3 Å². The number of carbonyl (C=O) groups is 2. The van der Waals surface area contributed by atoms with Crippen LogP contribution in [0.25, 0.3) is 10.9 Å². The van der Waals surface area contributed by atoms with Crippen LogP contribution in [-0.2, 0) is 9.59 Å². The molecule has 20 heavy (non-hydrogen) atoms. The number of hydrogen-bond acceptors (Lipinski definition) is 3. The molecule has 1 heterocycles. The molecule has 1 aromatic heterocycles. The Bertz CT molecular complexity index is 632. The highest BCUT2D eigenvalue weighted by atomic mass is 16.5. The molecule has 1 unspecified atom stereocenters. The molecule has 0 aliphatic rings. The normalized spacial score (nSPS) is 12.1. The van der Waals surface area contributed by atoms with Gasteiger partial charge in [-0.15, -0.1) is 0 Å². The summed E-state index contributed by atoms with van der Waals surface area (Å²) in [5, 5.41) is 12.5. The van der Waals surface area contributed by atoms with E-state index in [-0.39, 0.29) is 12.3 Å². The predicted octanol–water partition coefficient (Wildman–Crippen LogP) is 1.83. The summed E-state index contributed by atoms with van der Waals surface area (Å²) in [6, 6.07) is 4.90. The molecule has 0 radical (unpaired) electrons. The number of nitrogens with one attached hydrogen (secondary N) is 2. The van der Waals surface area contributed by atoms with Crippen LogP contribution in [0.4, 0.5) is 0 Å². The van der Waals surface area contributed by atoms with Crippen molar-refractivity contribution < 1.29 is 19.4 Å². The zero-order valence-electron chi connectivity index (χ0n) is 11.3. The summed E-state index contributed by atoms with van der Waals surface area (Å²) in [7, 11) is 1.57. The number of amides is 1. The van der Waals surface area contributed by atoms with Gasteiger partial charge in [-0.3, -0.25) is 9.59 Å². The molecule has 6 nitrogen and oxygen atoms in total. The molecule has 0 saturated heterocycles. The van der Waals surface area contributed by atoms with Gasteiger partial charge in [-0.2, -0.15) is 0 Å². The Balaban J connectivity index is 2.45. The van der Waals surface area contributed by atoms with E-state index in [1.165, 1.54) is 6.92 Å². The monoisotopic (exact) mass is 276 g/mol. The van der Waals surface area contributed by atoms with Gasteiger partial charge in [0.2, 0.25) is 5.91 Å². The third kappa shape index (κ3) is 2.90. The van der Waals surface area contributed by atoms with Crippen LogP contribution in [0.5, 0.6) is 5.75 Å². The van der Waals surface area contributed by atoms with Crippen LogP contribution < -0.4 is 10.1 Å². The highest BCUT2D eigenvalue weighted by molar-refractivity contribution is 5.86. The fourth-order valence-electron chi connectivity index (χ4n) is 2.20. The molecule has 0 saturated carbocycles. The van der Waals surface area contributed by atoms with Gasteiger partial charge >= 0.3 is 5.97 Å². The van der Waals surface area contributed by atoms with E-state index in [0.717, 1.165) is 16.5 Å². The fourth-order valence-corrected chi connectivity index (χ4v) is 2.20. The highest BCUT2D eigenvalue weighted by Gasteiger charge is 2.20. The van der Waals surface area contributed by atoms with Gasteiger partial charge in [0.05, 0.1) is 19.6 Å². The number of rotatable bonds is 5. The molecular formula is C14H16N2O4.